The van der Waals surface area contributed by atoms with Crippen molar-refractivity contribution >= 4 is 23.7 Å². The van der Waals surface area contributed by atoms with E-state index in [1.165, 1.54) is 4.90 Å². The number of nitrogens with one attached hydrogen (secondary N) is 1. The normalized spacial score (nSPS) is 18.0. The van der Waals surface area contributed by atoms with Gasteiger partial charge in [0, 0.05) is 25.0 Å². The molecule has 1 saturated heterocycles. The quantitative estimate of drug-likeness (QED) is 0.622. The van der Waals surface area contributed by atoms with Gasteiger partial charge in [-0.2, -0.15) is 0 Å². The minimum atomic E-state index is -0.460. The van der Waals surface area contributed by atoms with Gasteiger partial charge in [0.2, 0.25) is 5.91 Å². The summed E-state index contributed by atoms with van der Waals surface area (Å²) in [5.74, 6) is 0.304. The van der Waals surface area contributed by atoms with Crippen molar-refractivity contribution < 1.29 is 9.59 Å². The van der Waals surface area contributed by atoms with E-state index in [1.54, 1.807) is 18.0 Å². The van der Waals surface area contributed by atoms with Crippen molar-refractivity contribution in [2.75, 3.05) is 18.8 Å². The molecule has 0 bridgehead atoms. The molecule has 1 atom stereocenters. The fourth-order valence-electron chi connectivity index (χ4n) is 2.15. The van der Waals surface area contributed by atoms with Crippen molar-refractivity contribution in [3.8, 4) is 0 Å². The first-order chi connectivity index (χ1) is 9.68. The molecule has 0 aliphatic carbocycles. The summed E-state index contributed by atoms with van der Waals surface area (Å²) in [5.41, 5.74) is 5.28. The van der Waals surface area contributed by atoms with Gasteiger partial charge in [-0.1, -0.05) is 6.07 Å². The summed E-state index contributed by atoms with van der Waals surface area (Å²) in [6, 6.07) is 5.04. The molecule has 1 aromatic rings. The van der Waals surface area contributed by atoms with Gasteiger partial charge in [0.05, 0.1) is 5.03 Å². The summed E-state index contributed by atoms with van der Waals surface area (Å²) >= 11 is 1.58. The molecule has 3 N–H and O–H groups in total. The second-order valence-electron chi connectivity index (χ2n) is 4.50. The van der Waals surface area contributed by atoms with Crippen LogP contribution in [0.1, 0.15) is 12.8 Å². The van der Waals surface area contributed by atoms with E-state index in [9.17, 15) is 9.59 Å². The van der Waals surface area contributed by atoms with Crippen molar-refractivity contribution in [3.63, 3.8) is 0 Å². The van der Waals surface area contributed by atoms with Crippen LogP contribution in [0.25, 0.3) is 0 Å². The van der Waals surface area contributed by atoms with Crippen LogP contribution in [0.2, 0.25) is 0 Å². The Labute approximate surface area is 122 Å². The SMILES string of the molecule is NC(=O)C1CCCN1C(=O)NCCSc1ccccn1. The van der Waals surface area contributed by atoms with Gasteiger partial charge >= 0.3 is 6.03 Å². The molecule has 3 amide bonds. The number of pyridine rings is 1. The number of rotatable bonds is 5. The maximum absolute atomic E-state index is 12.0. The number of nitrogens with zero attached hydrogens (tertiary/aromatic N) is 2. The first-order valence-electron chi connectivity index (χ1n) is 6.56. The number of urea groups is 1. The van der Waals surface area contributed by atoms with Crippen molar-refractivity contribution in [2.24, 2.45) is 5.73 Å². The monoisotopic (exact) mass is 294 g/mol. The zero-order chi connectivity index (χ0) is 14.4. The lowest BCUT2D eigenvalue weighted by Crippen LogP contribution is -2.48. The molecule has 1 aromatic heterocycles. The van der Waals surface area contributed by atoms with E-state index >= 15 is 0 Å². The number of hydrogen-bond acceptors (Lipinski definition) is 4. The third-order valence-electron chi connectivity index (χ3n) is 3.11. The summed E-state index contributed by atoms with van der Waals surface area (Å²) in [6.07, 6.45) is 3.22. The molecular formula is C13H18N4O2S. The average molecular weight is 294 g/mol. The third-order valence-corrected chi connectivity index (χ3v) is 4.05. The molecule has 0 spiro atoms. The summed E-state index contributed by atoms with van der Waals surface area (Å²) in [6.45, 7) is 1.12. The molecule has 0 radical (unpaired) electrons. The molecule has 1 aliphatic rings. The molecule has 108 valence electrons. The van der Waals surface area contributed by atoms with E-state index in [0.717, 1.165) is 17.2 Å². The number of likely N-dealkylation sites (tertiary alicyclic amines) is 1. The maximum Gasteiger partial charge on any atom is 0.318 e. The van der Waals surface area contributed by atoms with Gasteiger partial charge < -0.3 is 16.0 Å². The second-order valence-corrected chi connectivity index (χ2v) is 5.62. The maximum atomic E-state index is 12.0. The van der Waals surface area contributed by atoms with Crippen LogP contribution in [0.5, 0.6) is 0 Å². The molecule has 1 unspecified atom stereocenters. The summed E-state index contributed by atoms with van der Waals surface area (Å²) < 4.78 is 0. The van der Waals surface area contributed by atoms with Crippen LogP contribution in [0.3, 0.4) is 0 Å². The number of thioether (sulfide) groups is 1. The number of nitrogens with two attached hydrogens (primary N) is 1. The minimum absolute atomic E-state index is 0.215. The molecule has 0 aromatic carbocycles. The Morgan fingerprint density at radius 2 is 2.35 bits per heavy atom. The number of carbonyl (C=O) groups excluding carboxylic acids is 2. The van der Waals surface area contributed by atoms with Gasteiger partial charge in [-0.3, -0.25) is 4.79 Å². The predicted molar refractivity (Wildman–Crippen MR) is 77.3 cm³/mol. The lowest BCUT2D eigenvalue weighted by atomic mass is 10.2. The Morgan fingerprint density at radius 1 is 1.50 bits per heavy atom. The van der Waals surface area contributed by atoms with Crippen LogP contribution in [0, 0.1) is 0 Å². The zero-order valence-corrected chi connectivity index (χ0v) is 11.9. The predicted octanol–water partition coefficient (Wildman–Crippen LogP) is 0.833. The topological polar surface area (TPSA) is 88.3 Å². The van der Waals surface area contributed by atoms with E-state index in [2.05, 4.69) is 10.3 Å². The molecule has 7 heteroatoms. The van der Waals surface area contributed by atoms with Crippen LogP contribution in [-0.2, 0) is 4.79 Å². The van der Waals surface area contributed by atoms with Crippen LogP contribution in [0.4, 0.5) is 4.79 Å². The van der Waals surface area contributed by atoms with Crippen molar-refractivity contribution in [1.29, 1.82) is 0 Å². The van der Waals surface area contributed by atoms with Gasteiger partial charge in [0.15, 0.2) is 0 Å². The van der Waals surface area contributed by atoms with E-state index in [1.807, 2.05) is 18.2 Å². The van der Waals surface area contributed by atoms with Gasteiger partial charge in [-0.15, -0.1) is 11.8 Å². The van der Waals surface area contributed by atoms with Crippen molar-refractivity contribution in [2.45, 2.75) is 23.9 Å². The Bertz CT molecular complexity index is 469. The molecule has 1 aliphatic heterocycles. The smallest absolute Gasteiger partial charge is 0.318 e. The highest BCUT2D eigenvalue weighted by atomic mass is 32.2. The molecule has 2 heterocycles. The lowest BCUT2D eigenvalue weighted by Gasteiger charge is -2.22. The number of carbonyl (C=O) groups is 2. The Hall–Kier alpha value is -1.76. The highest BCUT2D eigenvalue weighted by Crippen LogP contribution is 2.17. The first kappa shape index (κ1) is 14.6. The van der Waals surface area contributed by atoms with Crippen LogP contribution < -0.4 is 11.1 Å². The largest absolute Gasteiger partial charge is 0.368 e. The fourth-order valence-corrected chi connectivity index (χ4v) is 2.88. The van der Waals surface area contributed by atoms with Gasteiger partial charge in [-0.05, 0) is 25.0 Å². The highest BCUT2D eigenvalue weighted by molar-refractivity contribution is 7.99. The molecule has 1 fully saturated rings. The second kappa shape index (κ2) is 7.14. The summed E-state index contributed by atoms with van der Waals surface area (Å²) in [4.78, 5) is 28.9. The fraction of sp³-hybridized carbons (Fsp3) is 0.462. The van der Waals surface area contributed by atoms with Crippen LogP contribution in [0.15, 0.2) is 29.4 Å². The Kier molecular flexibility index (Phi) is 5.23. The number of hydrogen-bond donors (Lipinski definition) is 2. The van der Waals surface area contributed by atoms with Crippen LogP contribution in [-0.4, -0.2) is 46.7 Å². The van der Waals surface area contributed by atoms with Gasteiger partial charge in [0.1, 0.15) is 6.04 Å². The van der Waals surface area contributed by atoms with E-state index in [4.69, 9.17) is 5.73 Å². The molecule has 20 heavy (non-hydrogen) atoms. The summed E-state index contributed by atoms with van der Waals surface area (Å²) in [5, 5.41) is 3.74. The minimum Gasteiger partial charge on any atom is -0.368 e. The highest BCUT2D eigenvalue weighted by Gasteiger charge is 2.32. The molecule has 2 rings (SSSR count). The first-order valence-corrected chi connectivity index (χ1v) is 7.54. The number of amides is 3. The standard InChI is InChI=1S/C13H18N4O2S/c14-12(18)10-4-3-8-17(10)13(19)16-7-9-20-11-5-1-2-6-15-11/h1-2,5-6,10H,3-4,7-9H2,(H2,14,18)(H,16,19). The Balaban J connectivity index is 1.71. The number of aromatic nitrogens is 1. The molecular weight excluding hydrogens is 276 g/mol. The van der Waals surface area contributed by atoms with Crippen LogP contribution >= 0.6 is 11.8 Å². The van der Waals surface area contributed by atoms with Crippen molar-refractivity contribution in [3.05, 3.63) is 24.4 Å². The van der Waals surface area contributed by atoms with E-state index in [0.29, 0.717) is 19.5 Å². The molecule has 0 saturated carbocycles. The van der Waals surface area contributed by atoms with Crippen molar-refractivity contribution in [1.82, 2.24) is 15.2 Å². The van der Waals surface area contributed by atoms with Gasteiger partial charge in [0.25, 0.3) is 0 Å². The zero-order valence-electron chi connectivity index (χ0n) is 11.1. The molecule has 6 nitrogen and oxygen atoms in total. The number of primary amides is 1. The lowest BCUT2D eigenvalue weighted by molar-refractivity contribution is -0.121. The van der Waals surface area contributed by atoms with E-state index in [-0.39, 0.29) is 6.03 Å². The van der Waals surface area contributed by atoms with Gasteiger partial charge in [-0.25, -0.2) is 9.78 Å². The summed E-state index contributed by atoms with van der Waals surface area (Å²) in [7, 11) is 0. The Morgan fingerprint density at radius 3 is 3.05 bits per heavy atom. The average Bonchev–Trinajstić information content (AvgIpc) is 2.94. The van der Waals surface area contributed by atoms with E-state index < -0.39 is 11.9 Å². The third kappa shape index (κ3) is 3.86.